The fraction of sp³-hybridized carbons (Fsp3) is 0.105. The Morgan fingerprint density at radius 2 is 1.89 bits per heavy atom. The molecule has 3 rings (SSSR count). The summed E-state index contributed by atoms with van der Waals surface area (Å²) in [5.74, 6) is -1.54. The van der Waals surface area contributed by atoms with Gasteiger partial charge in [0.05, 0.1) is 17.7 Å². The predicted molar refractivity (Wildman–Crippen MR) is 103 cm³/mol. The van der Waals surface area contributed by atoms with E-state index >= 15 is 0 Å². The molecule has 0 spiro atoms. The molecule has 0 saturated heterocycles. The van der Waals surface area contributed by atoms with Crippen LogP contribution in [-0.2, 0) is 16.1 Å². The highest BCUT2D eigenvalue weighted by Crippen LogP contribution is 2.23. The van der Waals surface area contributed by atoms with Crippen LogP contribution in [0.4, 0.5) is 5.69 Å². The molecule has 6 nitrogen and oxygen atoms in total. The lowest BCUT2D eigenvalue weighted by Gasteiger charge is -2.09. The number of rotatable bonds is 5. The average molecular weight is 403 g/mol. The number of nitrogens with one attached hydrogen (secondary N) is 2. The van der Waals surface area contributed by atoms with Crippen molar-refractivity contribution in [3.05, 3.63) is 74.8 Å². The van der Waals surface area contributed by atoms with Crippen LogP contribution in [0.25, 0.3) is 0 Å². The van der Waals surface area contributed by atoms with Crippen LogP contribution in [0.15, 0.2) is 53.1 Å². The molecule has 3 aromatic rings. The van der Waals surface area contributed by atoms with Crippen molar-refractivity contribution >= 4 is 46.2 Å². The van der Waals surface area contributed by atoms with E-state index < -0.39 is 11.8 Å². The standard InChI is InChI=1S/C19H15ClN2O4S/c1-11-13(20)4-2-5-14(11)22-19(25)18(24)21-10-12-7-8-16(27-12)17(23)15-6-3-9-26-15/h2-9H,10H2,1H3,(H,21,24)(H,22,25). The highest BCUT2D eigenvalue weighted by molar-refractivity contribution is 7.14. The number of benzene rings is 1. The molecule has 2 N–H and O–H groups in total. The van der Waals surface area contributed by atoms with Crippen molar-refractivity contribution in [1.82, 2.24) is 5.32 Å². The number of carbonyl (C=O) groups is 3. The molecular weight excluding hydrogens is 388 g/mol. The number of carbonyl (C=O) groups excluding carboxylic acids is 3. The lowest BCUT2D eigenvalue weighted by atomic mass is 10.2. The van der Waals surface area contributed by atoms with Crippen LogP contribution in [0.2, 0.25) is 5.02 Å². The Morgan fingerprint density at radius 1 is 1.07 bits per heavy atom. The Kier molecular flexibility index (Phi) is 5.73. The first kappa shape index (κ1) is 18.9. The van der Waals surface area contributed by atoms with Crippen molar-refractivity contribution < 1.29 is 18.8 Å². The first-order valence-corrected chi connectivity index (χ1v) is 9.16. The molecule has 0 fully saturated rings. The molecule has 0 radical (unpaired) electrons. The third-order valence-corrected chi connectivity index (χ3v) is 5.27. The third kappa shape index (κ3) is 4.45. The number of hydrogen-bond donors (Lipinski definition) is 2. The molecule has 1 aromatic carbocycles. The van der Waals surface area contributed by atoms with Crippen LogP contribution in [0.5, 0.6) is 0 Å². The predicted octanol–water partition coefficient (Wildman–Crippen LogP) is 3.79. The molecule has 0 bridgehead atoms. The minimum atomic E-state index is -0.788. The monoisotopic (exact) mass is 402 g/mol. The number of anilines is 1. The lowest BCUT2D eigenvalue weighted by Crippen LogP contribution is -2.34. The maximum Gasteiger partial charge on any atom is 0.313 e. The third-order valence-electron chi connectivity index (χ3n) is 3.78. The summed E-state index contributed by atoms with van der Waals surface area (Å²) in [6, 6.07) is 11.7. The van der Waals surface area contributed by atoms with Gasteiger partial charge in [0, 0.05) is 15.6 Å². The van der Waals surface area contributed by atoms with Crippen LogP contribution < -0.4 is 10.6 Å². The molecule has 2 aromatic heterocycles. The quantitative estimate of drug-likeness (QED) is 0.502. The summed E-state index contributed by atoms with van der Waals surface area (Å²) in [6.07, 6.45) is 1.43. The summed E-state index contributed by atoms with van der Waals surface area (Å²) in [5.41, 5.74) is 1.16. The number of thiophene rings is 1. The minimum absolute atomic E-state index is 0.136. The molecule has 2 amide bonds. The summed E-state index contributed by atoms with van der Waals surface area (Å²) in [5, 5.41) is 5.56. The largest absolute Gasteiger partial charge is 0.461 e. The smallest absolute Gasteiger partial charge is 0.313 e. The van der Waals surface area contributed by atoms with Crippen molar-refractivity contribution in [3.8, 4) is 0 Å². The molecule has 27 heavy (non-hydrogen) atoms. The van der Waals surface area contributed by atoms with Crippen molar-refractivity contribution in [2.45, 2.75) is 13.5 Å². The highest BCUT2D eigenvalue weighted by Gasteiger charge is 2.17. The van der Waals surface area contributed by atoms with E-state index in [1.54, 1.807) is 49.4 Å². The zero-order chi connectivity index (χ0) is 19.4. The Morgan fingerprint density at radius 3 is 2.63 bits per heavy atom. The van der Waals surface area contributed by atoms with Crippen LogP contribution >= 0.6 is 22.9 Å². The Labute approximate surface area is 164 Å². The average Bonchev–Trinajstić information content (AvgIpc) is 3.34. The van der Waals surface area contributed by atoms with Gasteiger partial charge in [-0.3, -0.25) is 14.4 Å². The van der Waals surface area contributed by atoms with Gasteiger partial charge >= 0.3 is 11.8 Å². The number of halogens is 1. The second kappa shape index (κ2) is 8.20. The normalized spacial score (nSPS) is 10.4. The lowest BCUT2D eigenvalue weighted by molar-refractivity contribution is -0.136. The van der Waals surface area contributed by atoms with Gasteiger partial charge in [0.1, 0.15) is 0 Å². The molecule has 0 aliphatic heterocycles. The van der Waals surface area contributed by atoms with Gasteiger partial charge in [-0.15, -0.1) is 11.3 Å². The first-order chi connectivity index (χ1) is 13.0. The topological polar surface area (TPSA) is 88.4 Å². The van der Waals surface area contributed by atoms with Crippen molar-refractivity contribution in [3.63, 3.8) is 0 Å². The van der Waals surface area contributed by atoms with Gasteiger partial charge in [-0.1, -0.05) is 17.7 Å². The van der Waals surface area contributed by atoms with E-state index in [2.05, 4.69) is 10.6 Å². The van der Waals surface area contributed by atoms with Gasteiger partial charge in [-0.25, -0.2) is 0 Å². The zero-order valence-electron chi connectivity index (χ0n) is 14.2. The Hall–Kier alpha value is -2.90. The van der Waals surface area contributed by atoms with E-state index in [1.165, 1.54) is 17.6 Å². The fourth-order valence-electron chi connectivity index (χ4n) is 2.29. The minimum Gasteiger partial charge on any atom is -0.461 e. The molecule has 0 saturated carbocycles. The maximum absolute atomic E-state index is 12.2. The second-order valence-corrected chi connectivity index (χ2v) is 7.20. The highest BCUT2D eigenvalue weighted by atomic mass is 35.5. The van der Waals surface area contributed by atoms with Crippen molar-refractivity contribution in [2.24, 2.45) is 0 Å². The van der Waals surface area contributed by atoms with Crippen LogP contribution in [0, 0.1) is 6.92 Å². The molecule has 0 atom stereocenters. The molecule has 0 aliphatic rings. The SMILES string of the molecule is Cc1c(Cl)cccc1NC(=O)C(=O)NCc1ccc(C(=O)c2ccco2)s1. The summed E-state index contributed by atoms with van der Waals surface area (Å²) < 4.78 is 5.09. The van der Waals surface area contributed by atoms with Gasteiger partial charge in [0.15, 0.2) is 5.76 Å². The molecule has 8 heteroatoms. The van der Waals surface area contributed by atoms with Crippen LogP contribution in [0.1, 0.15) is 25.9 Å². The number of furan rings is 1. The number of hydrogen-bond acceptors (Lipinski definition) is 5. The van der Waals surface area contributed by atoms with Gasteiger partial charge < -0.3 is 15.1 Å². The van der Waals surface area contributed by atoms with Crippen molar-refractivity contribution in [2.75, 3.05) is 5.32 Å². The van der Waals surface area contributed by atoms with Gasteiger partial charge in [0.25, 0.3) is 0 Å². The van der Waals surface area contributed by atoms with Crippen LogP contribution in [0.3, 0.4) is 0 Å². The molecular formula is C19H15ClN2O4S. The molecule has 0 unspecified atom stereocenters. The zero-order valence-corrected chi connectivity index (χ0v) is 15.8. The molecule has 0 aliphatic carbocycles. The number of ketones is 1. The second-order valence-electron chi connectivity index (χ2n) is 5.62. The van der Waals surface area contributed by atoms with E-state index in [4.69, 9.17) is 16.0 Å². The van der Waals surface area contributed by atoms with Gasteiger partial charge in [-0.05, 0) is 48.9 Å². The van der Waals surface area contributed by atoms with E-state index in [0.717, 1.165) is 4.88 Å². The van der Waals surface area contributed by atoms with E-state index in [-0.39, 0.29) is 18.1 Å². The van der Waals surface area contributed by atoms with E-state index in [1.807, 2.05) is 0 Å². The molecule has 138 valence electrons. The fourth-order valence-corrected chi connectivity index (χ4v) is 3.36. The number of amides is 2. The summed E-state index contributed by atoms with van der Waals surface area (Å²) in [6.45, 7) is 1.88. The maximum atomic E-state index is 12.2. The summed E-state index contributed by atoms with van der Waals surface area (Å²) in [4.78, 5) is 37.5. The summed E-state index contributed by atoms with van der Waals surface area (Å²) in [7, 11) is 0. The van der Waals surface area contributed by atoms with Gasteiger partial charge in [0.2, 0.25) is 5.78 Å². The van der Waals surface area contributed by atoms with E-state index in [9.17, 15) is 14.4 Å². The first-order valence-electron chi connectivity index (χ1n) is 7.97. The van der Waals surface area contributed by atoms with Crippen LogP contribution in [-0.4, -0.2) is 17.6 Å². The Balaban J connectivity index is 1.57. The van der Waals surface area contributed by atoms with Gasteiger partial charge in [-0.2, -0.15) is 0 Å². The Bertz CT molecular complexity index is 995. The summed E-state index contributed by atoms with van der Waals surface area (Å²) >= 11 is 7.23. The van der Waals surface area contributed by atoms with Crippen molar-refractivity contribution in [1.29, 1.82) is 0 Å². The van der Waals surface area contributed by atoms with E-state index in [0.29, 0.717) is 21.2 Å². The molecule has 2 heterocycles.